The lowest BCUT2D eigenvalue weighted by Crippen LogP contribution is -2.17. The van der Waals surface area contributed by atoms with E-state index in [0.29, 0.717) is 21.3 Å². The lowest BCUT2D eigenvalue weighted by molar-refractivity contribution is -0.274. The Morgan fingerprint density at radius 2 is 1.78 bits per heavy atom. The van der Waals surface area contributed by atoms with Gasteiger partial charge < -0.3 is 10.1 Å². The van der Waals surface area contributed by atoms with Crippen LogP contribution in [0.3, 0.4) is 0 Å². The number of amides is 1. The van der Waals surface area contributed by atoms with E-state index in [0.717, 1.165) is 18.6 Å². The number of carbonyl (C=O) groups excluding carboxylic acids is 2. The third-order valence-electron chi connectivity index (χ3n) is 4.25. The average molecular weight is 481 g/mol. The number of halogens is 3. The van der Waals surface area contributed by atoms with Gasteiger partial charge in [-0.1, -0.05) is 43.0 Å². The number of alkyl halides is 3. The Hall–Kier alpha value is -2.85. The first-order valence-corrected chi connectivity index (χ1v) is 11.4. The van der Waals surface area contributed by atoms with Crippen molar-refractivity contribution in [1.29, 1.82) is 0 Å². The number of nitrogens with zero attached hydrogens (tertiary/aromatic N) is 1. The number of ketones is 1. The molecule has 0 unspecified atom stereocenters. The van der Waals surface area contributed by atoms with Crippen LogP contribution in [0.25, 0.3) is 0 Å². The highest BCUT2D eigenvalue weighted by molar-refractivity contribution is 8.01. The van der Waals surface area contributed by atoms with Crippen LogP contribution in [0, 0.1) is 0 Å². The molecule has 1 amide bonds. The fourth-order valence-corrected chi connectivity index (χ4v) is 4.42. The molecule has 0 saturated heterocycles. The minimum atomic E-state index is -4.77. The van der Waals surface area contributed by atoms with Gasteiger partial charge in [0.2, 0.25) is 5.91 Å². The van der Waals surface area contributed by atoms with E-state index in [4.69, 9.17) is 0 Å². The van der Waals surface area contributed by atoms with Crippen LogP contribution in [0.15, 0.2) is 58.3 Å². The van der Waals surface area contributed by atoms with E-state index in [-0.39, 0.29) is 29.6 Å². The van der Waals surface area contributed by atoms with Gasteiger partial charge in [0.05, 0.1) is 17.9 Å². The number of Topliss-reactive ketones (excluding diaryl/α,β-unsaturated/α-hetero) is 1. The molecule has 0 saturated carbocycles. The molecule has 0 fully saturated rings. The van der Waals surface area contributed by atoms with Crippen LogP contribution in [-0.4, -0.2) is 28.8 Å². The van der Waals surface area contributed by atoms with E-state index < -0.39 is 6.36 Å². The molecule has 32 heavy (non-hydrogen) atoms. The molecule has 0 aliphatic rings. The number of rotatable bonds is 9. The van der Waals surface area contributed by atoms with Gasteiger partial charge in [0.25, 0.3) is 0 Å². The number of thioether (sulfide) groups is 1. The number of ether oxygens (including phenoxy) is 1. The standard InChI is InChI=1S/C22H19F3N2O3S2/c1-2-14-3-5-15(6-4-14)19(28)13-32-21-27-17(12-31-21)11-20(29)26-16-7-9-18(10-8-16)30-22(23,24)25/h3-10,12H,2,11,13H2,1H3,(H,26,29). The molecule has 0 aliphatic carbocycles. The van der Waals surface area contributed by atoms with Crippen molar-refractivity contribution in [3.8, 4) is 5.75 Å². The number of thiazole rings is 1. The molecule has 0 atom stereocenters. The Labute approximate surface area is 191 Å². The van der Waals surface area contributed by atoms with Crippen molar-refractivity contribution in [2.75, 3.05) is 11.1 Å². The summed E-state index contributed by atoms with van der Waals surface area (Å²) >= 11 is 2.66. The summed E-state index contributed by atoms with van der Waals surface area (Å²) in [6, 6.07) is 12.4. The maximum absolute atomic E-state index is 12.3. The van der Waals surface area contributed by atoms with Gasteiger partial charge >= 0.3 is 6.36 Å². The van der Waals surface area contributed by atoms with E-state index in [1.165, 1.54) is 40.8 Å². The maximum atomic E-state index is 12.3. The lowest BCUT2D eigenvalue weighted by Gasteiger charge is -2.09. The molecule has 0 aliphatic heterocycles. The second-order valence-corrected chi connectivity index (χ2v) is 8.74. The summed E-state index contributed by atoms with van der Waals surface area (Å²) in [6.45, 7) is 2.05. The molecule has 1 aromatic heterocycles. The predicted molar refractivity (Wildman–Crippen MR) is 118 cm³/mol. The van der Waals surface area contributed by atoms with Crippen molar-refractivity contribution in [2.45, 2.75) is 30.5 Å². The zero-order valence-corrected chi connectivity index (χ0v) is 18.6. The van der Waals surface area contributed by atoms with Gasteiger partial charge in [-0.15, -0.1) is 24.5 Å². The molecule has 3 rings (SSSR count). The van der Waals surface area contributed by atoms with Crippen LogP contribution in [0.2, 0.25) is 0 Å². The maximum Gasteiger partial charge on any atom is 0.573 e. The van der Waals surface area contributed by atoms with Gasteiger partial charge in [0, 0.05) is 16.6 Å². The number of hydrogen-bond donors (Lipinski definition) is 1. The van der Waals surface area contributed by atoms with E-state index in [1.54, 1.807) is 5.38 Å². The van der Waals surface area contributed by atoms with Crippen LogP contribution in [0.1, 0.15) is 28.5 Å². The monoisotopic (exact) mass is 480 g/mol. The molecule has 1 heterocycles. The van der Waals surface area contributed by atoms with Crippen molar-refractivity contribution < 1.29 is 27.5 Å². The number of hydrogen-bond acceptors (Lipinski definition) is 6. The third kappa shape index (κ3) is 7.38. The third-order valence-corrected chi connectivity index (χ3v) is 6.32. The second-order valence-electron chi connectivity index (χ2n) is 6.66. The number of anilines is 1. The molecule has 2 aromatic carbocycles. The number of aryl methyl sites for hydroxylation is 1. The molecule has 0 radical (unpaired) electrons. The zero-order chi connectivity index (χ0) is 23.1. The fraction of sp³-hybridized carbons (Fsp3) is 0.227. The molecular formula is C22H19F3N2O3S2. The van der Waals surface area contributed by atoms with Gasteiger partial charge in [0.15, 0.2) is 10.1 Å². The molecule has 0 spiro atoms. The zero-order valence-electron chi connectivity index (χ0n) is 16.9. The van der Waals surface area contributed by atoms with Gasteiger partial charge in [-0.3, -0.25) is 9.59 Å². The van der Waals surface area contributed by atoms with Crippen molar-refractivity contribution in [3.05, 3.63) is 70.7 Å². The summed E-state index contributed by atoms with van der Waals surface area (Å²) in [4.78, 5) is 28.9. The molecule has 168 valence electrons. The molecule has 1 N–H and O–H groups in total. The topological polar surface area (TPSA) is 68.3 Å². The highest BCUT2D eigenvalue weighted by Crippen LogP contribution is 2.25. The predicted octanol–water partition coefficient (Wildman–Crippen LogP) is 5.76. The van der Waals surface area contributed by atoms with E-state index >= 15 is 0 Å². The van der Waals surface area contributed by atoms with Crippen molar-refractivity contribution in [1.82, 2.24) is 4.98 Å². The van der Waals surface area contributed by atoms with Crippen LogP contribution < -0.4 is 10.1 Å². The Morgan fingerprint density at radius 1 is 1.09 bits per heavy atom. The van der Waals surface area contributed by atoms with Gasteiger partial charge in [-0.2, -0.15) is 0 Å². The van der Waals surface area contributed by atoms with Crippen LogP contribution >= 0.6 is 23.1 Å². The fourth-order valence-electron chi connectivity index (χ4n) is 2.68. The lowest BCUT2D eigenvalue weighted by atomic mass is 10.1. The summed E-state index contributed by atoms with van der Waals surface area (Å²) in [7, 11) is 0. The van der Waals surface area contributed by atoms with Crippen LogP contribution in [0.5, 0.6) is 5.75 Å². The van der Waals surface area contributed by atoms with E-state index in [1.807, 2.05) is 24.3 Å². The van der Waals surface area contributed by atoms with Crippen molar-refractivity contribution in [2.24, 2.45) is 0 Å². The highest BCUT2D eigenvalue weighted by Gasteiger charge is 2.30. The second kappa shape index (κ2) is 10.6. The number of nitrogens with one attached hydrogen (secondary N) is 1. The van der Waals surface area contributed by atoms with Crippen LogP contribution in [0.4, 0.5) is 18.9 Å². The Morgan fingerprint density at radius 3 is 2.41 bits per heavy atom. The molecule has 10 heteroatoms. The number of aromatic nitrogens is 1. The quantitative estimate of drug-likeness (QED) is 0.312. The Balaban J connectivity index is 1.47. The molecule has 0 bridgehead atoms. The first-order chi connectivity index (χ1) is 15.2. The largest absolute Gasteiger partial charge is 0.573 e. The summed E-state index contributed by atoms with van der Waals surface area (Å²) in [5.41, 5.74) is 2.71. The normalized spacial score (nSPS) is 11.2. The van der Waals surface area contributed by atoms with E-state index in [9.17, 15) is 22.8 Å². The Kier molecular flexibility index (Phi) is 7.92. The summed E-state index contributed by atoms with van der Waals surface area (Å²) < 4.78 is 41.0. The average Bonchev–Trinajstić information content (AvgIpc) is 3.19. The van der Waals surface area contributed by atoms with Crippen LogP contribution in [-0.2, 0) is 17.6 Å². The van der Waals surface area contributed by atoms with Gasteiger partial charge in [-0.05, 0) is 36.2 Å². The van der Waals surface area contributed by atoms with Gasteiger partial charge in [0.1, 0.15) is 5.75 Å². The summed E-state index contributed by atoms with van der Waals surface area (Å²) in [6.07, 6.45) is -3.85. The SMILES string of the molecule is CCc1ccc(C(=O)CSc2nc(CC(=O)Nc3ccc(OC(F)(F)F)cc3)cs2)cc1. The Bertz CT molecular complexity index is 1070. The summed E-state index contributed by atoms with van der Waals surface area (Å²) in [5, 5.41) is 4.34. The number of carbonyl (C=O) groups is 2. The smallest absolute Gasteiger partial charge is 0.406 e. The number of benzene rings is 2. The highest BCUT2D eigenvalue weighted by atomic mass is 32.2. The van der Waals surface area contributed by atoms with Crippen molar-refractivity contribution in [3.63, 3.8) is 0 Å². The molecular weight excluding hydrogens is 461 g/mol. The molecule has 5 nitrogen and oxygen atoms in total. The minimum Gasteiger partial charge on any atom is -0.406 e. The molecule has 3 aromatic rings. The van der Waals surface area contributed by atoms with E-state index in [2.05, 4.69) is 22.0 Å². The summed E-state index contributed by atoms with van der Waals surface area (Å²) in [5.74, 6) is -0.474. The van der Waals surface area contributed by atoms with Gasteiger partial charge in [-0.25, -0.2) is 4.98 Å². The first-order valence-electron chi connectivity index (χ1n) is 9.57. The van der Waals surface area contributed by atoms with Crippen molar-refractivity contribution >= 4 is 40.5 Å². The first kappa shape index (κ1) is 23.8. The minimum absolute atomic E-state index is 0.00425.